The second-order valence-electron chi connectivity index (χ2n) is 4.86. The van der Waals surface area contributed by atoms with Gasteiger partial charge in [-0.2, -0.15) is 0 Å². The van der Waals surface area contributed by atoms with Gasteiger partial charge in [-0.1, -0.05) is 23.2 Å². The quantitative estimate of drug-likeness (QED) is 0.924. The zero-order valence-electron chi connectivity index (χ0n) is 11.0. The van der Waals surface area contributed by atoms with Crippen molar-refractivity contribution in [2.45, 2.75) is 12.5 Å². The van der Waals surface area contributed by atoms with Crippen LogP contribution in [0.3, 0.4) is 0 Å². The molecule has 7 heteroatoms. The van der Waals surface area contributed by atoms with Crippen molar-refractivity contribution in [1.29, 1.82) is 0 Å². The summed E-state index contributed by atoms with van der Waals surface area (Å²) in [5.41, 5.74) is 0. The van der Waals surface area contributed by atoms with Crippen LogP contribution >= 0.6 is 23.2 Å². The Morgan fingerprint density at radius 1 is 1.43 bits per heavy atom. The monoisotopic (exact) mass is 330 g/mol. The molecule has 0 spiro atoms. The number of oxazole rings is 1. The lowest BCUT2D eigenvalue weighted by molar-refractivity contribution is 0.109. The fraction of sp³-hybridized carbons (Fsp3) is 0.357. The third-order valence-electron chi connectivity index (χ3n) is 3.43. The van der Waals surface area contributed by atoms with Crippen molar-refractivity contribution in [2.75, 3.05) is 13.1 Å². The van der Waals surface area contributed by atoms with E-state index in [-0.39, 0.29) is 21.7 Å². The SMILES string of the molecule is Fc1cc(Cl)cc(Cl)c1OC(c1ncco1)C1CCNC1. The maximum atomic E-state index is 14.0. The van der Waals surface area contributed by atoms with Crippen molar-refractivity contribution in [3.63, 3.8) is 0 Å². The van der Waals surface area contributed by atoms with Crippen molar-refractivity contribution in [3.8, 4) is 5.75 Å². The molecular formula is C14H13Cl2FN2O2. The van der Waals surface area contributed by atoms with Crippen molar-refractivity contribution in [3.05, 3.63) is 46.3 Å². The number of halogens is 3. The van der Waals surface area contributed by atoms with Gasteiger partial charge in [-0.05, 0) is 25.1 Å². The van der Waals surface area contributed by atoms with Crippen LogP contribution in [0.15, 0.2) is 29.0 Å². The minimum atomic E-state index is -0.602. The molecule has 112 valence electrons. The molecule has 0 bridgehead atoms. The summed E-state index contributed by atoms with van der Waals surface area (Å²) >= 11 is 11.8. The summed E-state index contributed by atoms with van der Waals surface area (Å²) in [6, 6.07) is 2.61. The molecule has 1 aliphatic rings. The van der Waals surface area contributed by atoms with E-state index in [0.29, 0.717) is 5.89 Å². The highest BCUT2D eigenvalue weighted by molar-refractivity contribution is 6.35. The van der Waals surface area contributed by atoms with Crippen molar-refractivity contribution in [2.24, 2.45) is 5.92 Å². The number of rotatable bonds is 4. The van der Waals surface area contributed by atoms with Gasteiger partial charge in [0.15, 0.2) is 17.7 Å². The fourth-order valence-corrected chi connectivity index (χ4v) is 2.94. The van der Waals surface area contributed by atoms with E-state index in [1.54, 1.807) is 0 Å². The zero-order valence-corrected chi connectivity index (χ0v) is 12.5. The maximum Gasteiger partial charge on any atom is 0.235 e. The van der Waals surface area contributed by atoms with E-state index >= 15 is 0 Å². The van der Waals surface area contributed by atoms with Crippen LogP contribution in [0.25, 0.3) is 0 Å². The van der Waals surface area contributed by atoms with Gasteiger partial charge in [0.25, 0.3) is 0 Å². The molecule has 2 heterocycles. The van der Waals surface area contributed by atoms with Gasteiger partial charge < -0.3 is 14.5 Å². The molecule has 1 aromatic heterocycles. The molecule has 2 unspecified atom stereocenters. The summed E-state index contributed by atoms with van der Waals surface area (Å²) in [6.45, 7) is 1.63. The molecule has 2 aromatic rings. The Labute approximate surface area is 131 Å². The third-order valence-corrected chi connectivity index (χ3v) is 3.93. The smallest absolute Gasteiger partial charge is 0.235 e. The molecule has 0 amide bonds. The molecule has 0 saturated carbocycles. The van der Waals surface area contributed by atoms with E-state index in [0.717, 1.165) is 19.5 Å². The Morgan fingerprint density at radius 3 is 2.90 bits per heavy atom. The van der Waals surface area contributed by atoms with E-state index < -0.39 is 11.9 Å². The van der Waals surface area contributed by atoms with Crippen molar-refractivity contribution >= 4 is 23.2 Å². The molecular weight excluding hydrogens is 318 g/mol. The van der Waals surface area contributed by atoms with Crippen molar-refractivity contribution in [1.82, 2.24) is 10.3 Å². The topological polar surface area (TPSA) is 47.3 Å². The molecule has 4 nitrogen and oxygen atoms in total. The largest absolute Gasteiger partial charge is 0.476 e. The lowest BCUT2D eigenvalue weighted by atomic mass is 10.0. The van der Waals surface area contributed by atoms with Crippen LogP contribution in [0.2, 0.25) is 10.0 Å². The lowest BCUT2D eigenvalue weighted by Gasteiger charge is -2.22. The summed E-state index contributed by atoms with van der Waals surface area (Å²) in [5.74, 6) is -0.0879. The Hall–Kier alpha value is -1.30. The average Bonchev–Trinajstić information content (AvgIpc) is 3.11. The van der Waals surface area contributed by atoms with Crippen LogP contribution in [0.4, 0.5) is 4.39 Å². The molecule has 0 radical (unpaired) electrons. The third kappa shape index (κ3) is 3.15. The first-order valence-electron chi connectivity index (χ1n) is 6.56. The van der Waals surface area contributed by atoms with E-state index in [2.05, 4.69) is 10.3 Å². The molecule has 1 fully saturated rings. The molecule has 1 aliphatic heterocycles. The van der Waals surface area contributed by atoms with E-state index in [9.17, 15) is 4.39 Å². The summed E-state index contributed by atoms with van der Waals surface area (Å²) in [5, 5.41) is 3.59. The molecule has 0 aliphatic carbocycles. The summed E-state index contributed by atoms with van der Waals surface area (Å²) in [6.07, 6.45) is 3.39. The van der Waals surface area contributed by atoms with Gasteiger partial charge in [0.2, 0.25) is 5.89 Å². The maximum absolute atomic E-state index is 14.0. The van der Waals surface area contributed by atoms with E-state index in [1.807, 2.05) is 0 Å². The van der Waals surface area contributed by atoms with Crippen LogP contribution in [0, 0.1) is 11.7 Å². The van der Waals surface area contributed by atoms with Gasteiger partial charge in [-0.15, -0.1) is 0 Å². The van der Waals surface area contributed by atoms with Crippen LogP contribution < -0.4 is 10.1 Å². The van der Waals surface area contributed by atoms with Crippen molar-refractivity contribution < 1.29 is 13.5 Å². The number of ether oxygens (including phenoxy) is 1. The first-order valence-corrected chi connectivity index (χ1v) is 7.32. The number of hydrogen-bond acceptors (Lipinski definition) is 4. The number of nitrogens with zero attached hydrogens (tertiary/aromatic N) is 1. The summed E-state index contributed by atoms with van der Waals surface area (Å²) in [4.78, 5) is 4.12. The van der Waals surface area contributed by atoms with Crippen LogP contribution in [-0.4, -0.2) is 18.1 Å². The van der Waals surface area contributed by atoms with Gasteiger partial charge >= 0.3 is 0 Å². The number of aromatic nitrogens is 1. The Bertz CT molecular complexity index is 592. The van der Waals surface area contributed by atoms with Gasteiger partial charge in [0.1, 0.15) is 6.26 Å². The molecule has 2 atom stereocenters. The van der Waals surface area contributed by atoms with E-state index in [1.165, 1.54) is 24.6 Å². The predicted molar refractivity (Wildman–Crippen MR) is 77.3 cm³/mol. The molecule has 3 rings (SSSR count). The minimum Gasteiger partial charge on any atom is -0.476 e. The van der Waals surface area contributed by atoms with E-state index in [4.69, 9.17) is 32.4 Å². The lowest BCUT2D eigenvalue weighted by Crippen LogP contribution is -2.22. The molecule has 1 saturated heterocycles. The first-order chi connectivity index (χ1) is 10.1. The second kappa shape index (κ2) is 6.22. The Balaban J connectivity index is 1.91. The predicted octanol–water partition coefficient (Wildman–Crippen LogP) is 3.85. The summed E-state index contributed by atoms with van der Waals surface area (Å²) < 4.78 is 25.2. The number of nitrogens with one attached hydrogen (secondary N) is 1. The van der Waals surface area contributed by atoms with Gasteiger partial charge in [0, 0.05) is 17.5 Å². The highest BCUT2D eigenvalue weighted by Crippen LogP contribution is 2.37. The second-order valence-corrected chi connectivity index (χ2v) is 5.70. The van der Waals surface area contributed by atoms with Crippen LogP contribution in [-0.2, 0) is 0 Å². The van der Waals surface area contributed by atoms with Gasteiger partial charge in [0.05, 0.1) is 11.2 Å². The zero-order chi connectivity index (χ0) is 14.8. The molecule has 21 heavy (non-hydrogen) atoms. The highest BCUT2D eigenvalue weighted by Gasteiger charge is 2.32. The Kier molecular flexibility index (Phi) is 4.33. The fourth-order valence-electron chi connectivity index (χ4n) is 2.43. The minimum absolute atomic E-state index is 0.0313. The summed E-state index contributed by atoms with van der Waals surface area (Å²) in [7, 11) is 0. The van der Waals surface area contributed by atoms with Crippen LogP contribution in [0.1, 0.15) is 18.4 Å². The number of benzene rings is 1. The van der Waals surface area contributed by atoms with Crippen LogP contribution in [0.5, 0.6) is 5.75 Å². The standard InChI is InChI=1S/C14H13Cl2FN2O2/c15-9-5-10(16)13(11(17)6-9)21-12(8-1-2-18-7-8)14-19-3-4-20-14/h3-6,8,12,18H,1-2,7H2. The first kappa shape index (κ1) is 14.6. The molecule has 1 N–H and O–H groups in total. The normalized spacial score (nSPS) is 19.7. The van der Waals surface area contributed by atoms with Gasteiger partial charge in [-0.25, -0.2) is 9.37 Å². The van der Waals surface area contributed by atoms with Gasteiger partial charge in [-0.3, -0.25) is 0 Å². The number of hydrogen-bond donors (Lipinski definition) is 1. The molecule has 1 aromatic carbocycles. The Morgan fingerprint density at radius 2 is 2.29 bits per heavy atom. The highest BCUT2D eigenvalue weighted by atomic mass is 35.5. The average molecular weight is 331 g/mol.